The molecule has 2 aromatic carbocycles. The minimum atomic E-state index is -0.270. The van der Waals surface area contributed by atoms with Crippen molar-refractivity contribution in [3.8, 4) is 0 Å². The highest BCUT2D eigenvalue weighted by molar-refractivity contribution is 5.99. The Balaban J connectivity index is 1.74. The van der Waals surface area contributed by atoms with E-state index in [1.165, 1.54) is 0 Å². The Morgan fingerprint density at radius 3 is 2.73 bits per heavy atom. The second-order valence-corrected chi connectivity index (χ2v) is 7.52. The van der Waals surface area contributed by atoms with Crippen LogP contribution in [0.25, 0.3) is 0 Å². The smallest absolute Gasteiger partial charge is 0.256 e. The summed E-state index contributed by atoms with van der Waals surface area (Å²) in [4.78, 5) is 27.2. The number of carbonyl (C=O) groups is 2. The molecule has 1 atom stereocenters. The Kier molecular flexibility index (Phi) is 7.85. The first-order valence-corrected chi connectivity index (χ1v) is 10.7. The fraction of sp³-hybridized carbons (Fsp3) is 0.417. The summed E-state index contributed by atoms with van der Waals surface area (Å²) in [5.74, 6) is -0.0568. The summed E-state index contributed by atoms with van der Waals surface area (Å²) in [5, 5.41) is 6.44. The molecule has 0 aromatic heterocycles. The summed E-state index contributed by atoms with van der Waals surface area (Å²) in [6.07, 6.45) is 3.70. The molecular weight excluding hydrogens is 378 g/mol. The number of nitrogens with one attached hydrogen (secondary N) is 2. The summed E-state index contributed by atoms with van der Waals surface area (Å²) in [7, 11) is 1.66. The van der Waals surface area contributed by atoms with Gasteiger partial charge in [0.2, 0.25) is 0 Å². The molecule has 1 aliphatic rings. The van der Waals surface area contributed by atoms with Crippen LogP contribution in [0.4, 0.5) is 5.69 Å². The first-order chi connectivity index (χ1) is 14.7. The van der Waals surface area contributed by atoms with Crippen LogP contribution in [-0.4, -0.2) is 43.5 Å². The maximum absolute atomic E-state index is 12.9. The van der Waals surface area contributed by atoms with Gasteiger partial charge in [0.05, 0.1) is 0 Å². The quantitative estimate of drug-likeness (QED) is 0.546. The molecule has 6 nitrogen and oxygen atoms in total. The third-order valence-corrected chi connectivity index (χ3v) is 5.30. The van der Waals surface area contributed by atoms with Crippen molar-refractivity contribution in [2.75, 3.05) is 32.1 Å². The van der Waals surface area contributed by atoms with Crippen molar-refractivity contribution in [3.05, 3.63) is 65.2 Å². The van der Waals surface area contributed by atoms with Crippen LogP contribution in [0.15, 0.2) is 48.5 Å². The number of nitrogens with zero attached hydrogens (tertiary/aromatic N) is 1. The monoisotopic (exact) mass is 409 g/mol. The average molecular weight is 410 g/mol. The number of carbonyl (C=O) groups excluding carboxylic acids is 2. The van der Waals surface area contributed by atoms with Gasteiger partial charge < -0.3 is 20.3 Å². The van der Waals surface area contributed by atoms with Crippen molar-refractivity contribution in [3.63, 3.8) is 0 Å². The van der Waals surface area contributed by atoms with E-state index in [1.54, 1.807) is 7.11 Å². The van der Waals surface area contributed by atoms with Crippen molar-refractivity contribution in [1.29, 1.82) is 0 Å². The number of anilines is 1. The van der Waals surface area contributed by atoms with E-state index in [9.17, 15) is 9.59 Å². The lowest BCUT2D eigenvalue weighted by Gasteiger charge is -2.27. The van der Waals surface area contributed by atoms with Gasteiger partial charge in [0, 0.05) is 49.2 Å². The summed E-state index contributed by atoms with van der Waals surface area (Å²) in [6.45, 7) is 4.01. The number of fused-ring (bicyclic) bond motifs is 1. The summed E-state index contributed by atoms with van der Waals surface area (Å²) in [5.41, 5.74) is 3.09. The zero-order valence-electron chi connectivity index (χ0n) is 17.8. The summed E-state index contributed by atoms with van der Waals surface area (Å²) < 4.78 is 5.15. The van der Waals surface area contributed by atoms with Crippen LogP contribution in [-0.2, 0) is 4.74 Å². The third kappa shape index (κ3) is 5.19. The zero-order valence-corrected chi connectivity index (χ0v) is 17.8. The van der Waals surface area contributed by atoms with E-state index in [0.717, 1.165) is 42.5 Å². The van der Waals surface area contributed by atoms with Crippen LogP contribution in [0.3, 0.4) is 0 Å². The molecule has 160 valence electrons. The molecule has 0 spiro atoms. The molecule has 2 aromatic rings. The molecule has 2 N–H and O–H groups in total. The Hall–Kier alpha value is -2.86. The number of hydrogen-bond acceptors (Lipinski definition) is 4. The molecule has 0 bridgehead atoms. The second kappa shape index (κ2) is 10.8. The van der Waals surface area contributed by atoms with Crippen LogP contribution in [0, 0.1) is 0 Å². The average Bonchev–Trinajstić information content (AvgIpc) is 3.03. The van der Waals surface area contributed by atoms with Gasteiger partial charge in [-0.1, -0.05) is 44.0 Å². The topological polar surface area (TPSA) is 70.7 Å². The van der Waals surface area contributed by atoms with Crippen molar-refractivity contribution in [2.45, 2.75) is 38.8 Å². The van der Waals surface area contributed by atoms with Crippen molar-refractivity contribution in [2.24, 2.45) is 0 Å². The molecule has 0 unspecified atom stereocenters. The minimum Gasteiger partial charge on any atom is -0.385 e. The fourth-order valence-electron chi connectivity index (χ4n) is 3.72. The van der Waals surface area contributed by atoms with Gasteiger partial charge in [0.1, 0.15) is 6.17 Å². The summed E-state index contributed by atoms with van der Waals surface area (Å²) >= 11 is 0. The van der Waals surface area contributed by atoms with Gasteiger partial charge in [-0.25, -0.2) is 0 Å². The van der Waals surface area contributed by atoms with Crippen LogP contribution >= 0.6 is 0 Å². The van der Waals surface area contributed by atoms with E-state index in [-0.39, 0.29) is 18.0 Å². The number of methoxy groups -OCH3 is 1. The molecule has 0 aliphatic carbocycles. The molecule has 3 rings (SSSR count). The van der Waals surface area contributed by atoms with Crippen molar-refractivity contribution < 1.29 is 14.3 Å². The van der Waals surface area contributed by atoms with Gasteiger partial charge in [0.25, 0.3) is 11.8 Å². The molecule has 0 saturated carbocycles. The Bertz CT molecular complexity index is 868. The third-order valence-electron chi connectivity index (χ3n) is 5.30. The predicted molar refractivity (Wildman–Crippen MR) is 119 cm³/mol. The van der Waals surface area contributed by atoms with E-state index in [1.807, 2.05) is 53.4 Å². The number of hydrogen-bond donors (Lipinski definition) is 2. The fourth-order valence-corrected chi connectivity index (χ4v) is 3.72. The van der Waals surface area contributed by atoms with Crippen molar-refractivity contribution >= 4 is 17.5 Å². The lowest BCUT2D eigenvalue weighted by Crippen LogP contribution is -2.33. The largest absolute Gasteiger partial charge is 0.385 e. The Labute approximate surface area is 178 Å². The molecule has 0 saturated heterocycles. The molecule has 0 radical (unpaired) electrons. The molecule has 1 heterocycles. The Morgan fingerprint density at radius 2 is 1.93 bits per heavy atom. The lowest BCUT2D eigenvalue weighted by atomic mass is 10.1. The molecule has 0 fully saturated rings. The van der Waals surface area contributed by atoms with Gasteiger partial charge in [-0.15, -0.1) is 0 Å². The van der Waals surface area contributed by atoms with Crippen molar-refractivity contribution in [1.82, 2.24) is 10.2 Å². The number of benzene rings is 2. The lowest BCUT2D eigenvalue weighted by molar-refractivity contribution is 0.0721. The van der Waals surface area contributed by atoms with E-state index < -0.39 is 0 Å². The number of amides is 2. The molecule has 30 heavy (non-hydrogen) atoms. The standard InChI is InChI=1S/C24H31N3O3/c1-3-4-7-14-25-23(28)18-10-8-11-19(17-18)26-22-20-12-5-6-13-21(20)24(29)27(22)15-9-16-30-2/h5-6,8,10-13,17,22,26H,3-4,7,9,14-16H2,1-2H3,(H,25,28)/t22-/m0/s1. The predicted octanol–water partition coefficient (Wildman–Crippen LogP) is 4.21. The molecular formula is C24H31N3O3. The maximum atomic E-state index is 12.9. The Morgan fingerprint density at radius 1 is 1.10 bits per heavy atom. The molecule has 6 heteroatoms. The minimum absolute atomic E-state index is 0.0176. The first-order valence-electron chi connectivity index (χ1n) is 10.7. The highest BCUT2D eigenvalue weighted by Gasteiger charge is 2.36. The van der Waals surface area contributed by atoms with Crippen LogP contribution in [0.2, 0.25) is 0 Å². The zero-order chi connectivity index (χ0) is 21.3. The number of ether oxygens (including phenoxy) is 1. The highest BCUT2D eigenvalue weighted by Crippen LogP contribution is 2.34. The molecule has 2 amide bonds. The van der Waals surface area contributed by atoms with Gasteiger partial charge in [0.15, 0.2) is 0 Å². The van der Waals surface area contributed by atoms with E-state index in [2.05, 4.69) is 17.6 Å². The van der Waals surface area contributed by atoms with Gasteiger partial charge in [-0.2, -0.15) is 0 Å². The van der Waals surface area contributed by atoms with E-state index >= 15 is 0 Å². The highest BCUT2D eigenvalue weighted by atomic mass is 16.5. The van der Waals surface area contributed by atoms with Crippen LogP contribution in [0.5, 0.6) is 0 Å². The number of rotatable bonds is 11. The second-order valence-electron chi connectivity index (χ2n) is 7.52. The van der Waals surface area contributed by atoms with Gasteiger partial charge >= 0.3 is 0 Å². The van der Waals surface area contributed by atoms with E-state index in [0.29, 0.717) is 25.3 Å². The van der Waals surface area contributed by atoms with Crippen LogP contribution < -0.4 is 10.6 Å². The van der Waals surface area contributed by atoms with Crippen LogP contribution in [0.1, 0.15) is 65.1 Å². The van der Waals surface area contributed by atoms with E-state index in [4.69, 9.17) is 4.74 Å². The molecule has 1 aliphatic heterocycles. The van der Waals surface area contributed by atoms with Gasteiger partial charge in [-0.05, 0) is 37.1 Å². The summed E-state index contributed by atoms with van der Waals surface area (Å²) in [6, 6.07) is 15.1. The SMILES string of the molecule is CCCCCNC(=O)c1cccc(N[C@@H]2c3ccccc3C(=O)N2CCCOC)c1. The number of unbranched alkanes of at least 4 members (excludes halogenated alkanes) is 2. The van der Waals surface area contributed by atoms with Gasteiger partial charge in [-0.3, -0.25) is 9.59 Å². The maximum Gasteiger partial charge on any atom is 0.256 e. The normalized spacial score (nSPS) is 15.2. The first kappa shape index (κ1) is 21.8.